The summed E-state index contributed by atoms with van der Waals surface area (Å²) in [6.07, 6.45) is -0.789. The smallest absolute Gasteiger partial charge is 0.203 e. The number of aliphatic hydroxyl groups excluding tert-OH is 1. The third-order valence-corrected chi connectivity index (χ3v) is 4.09. The van der Waals surface area contributed by atoms with Crippen LogP contribution in [0.4, 0.5) is 0 Å². The maximum atomic E-state index is 10.8. The average molecular weight is 324 g/mol. The fourth-order valence-electron chi connectivity index (χ4n) is 2.83. The van der Waals surface area contributed by atoms with Crippen molar-refractivity contribution in [3.63, 3.8) is 0 Å². The van der Waals surface area contributed by atoms with Crippen molar-refractivity contribution in [2.45, 2.75) is 6.10 Å². The molecule has 24 heavy (non-hydrogen) atoms. The van der Waals surface area contributed by atoms with E-state index in [0.717, 1.165) is 16.3 Å². The first-order valence-corrected chi connectivity index (χ1v) is 7.64. The van der Waals surface area contributed by atoms with Crippen molar-refractivity contribution in [3.05, 3.63) is 65.7 Å². The molecule has 1 unspecified atom stereocenters. The molecule has 0 bridgehead atoms. The lowest BCUT2D eigenvalue weighted by Crippen LogP contribution is -2.03. The Hall–Kier alpha value is -2.72. The summed E-state index contributed by atoms with van der Waals surface area (Å²) in [6.45, 7) is 0. The normalized spacial score (nSPS) is 12.0. The second kappa shape index (κ2) is 6.81. The molecular formula is C20H20O4. The Morgan fingerprint density at radius 1 is 0.708 bits per heavy atom. The van der Waals surface area contributed by atoms with Crippen LogP contribution in [0.5, 0.6) is 17.2 Å². The Bertz CT molecular complexity index is 832. The summed E-state index contributed by atoms with van der Waals surface area (Å²) < 4.78 is 16.0. The molecule has 0 aliphatic heterocycles. The highest BCUT2D eigenvalue weighted by atomic mass is 16.5. The molecule has 3 aromatic rings. The van der Waals surface area contributed by atoms with Gasteiger partial charge in [-0.15, -0.1) is 0 Å². The molecule has 3 rings (SSSR count). The lowest BCUT2D eigenvalue weighted by Gasteiger charge is -2.17. The van der Waals surface area contributed by atoms with Crippen LogP contribution in [0.25, 0.3) is 10.8 Å². The van der Waals surface area contributed by atoms with E-state index >= 15 is 0 Å². The summed E-state index contributed by atoms with van der Waals surface area (Å²) in [5.74, 6) is 1.55. The number of ether oxygens (including phenoxy) is 3. The van der Waals surface area contributed by atoms with Gasteiger partial charge in [0.15, 0.2) is 11.5 Å². The number of rotatable bonds is 5. The average Bonchev–Trinajstić information content (AvgIpc) is 2.65. The number of aliphatic hydroxyl groups is 1. The molecule has 3 aromatic carbocycles. The lowest BCUT2D eigenvalue weighted by molar-refractivity contribution is 0.218. The van der Waals surface area contributed by atoms with Crippen molar-refractivity contribution in [2.24, 2.45) is 0 Å². The zero-order chi connectivity index (χ0) is 17.1. The summed E-state index contributed by atoms with van der Waals surface area (Å²) in [5.41, 5.74) is 1.49. The number of benzene rings is 3. The van der Waals surface area contributed by atoms with Crippen LogP contribution in [0.3, 0.4) is 0 Å². The van der Waals surface area contributed by atoms with Gasteiger partial charge in [0.05, 0.1) is 21.3 Å². The summed E-state index contributed by atoms with van der Waals surface area (Å²) in [6, 6.07) is 17.5. The molecule has 0 amide bonds. The van der Waals surface area contributed by atoms with Crippen LogP contribution in [0.2, 0.25) is 0 Å². The Balaban J connectivity index is 2.06. The van der Waals surface area contributed by atoms with E-state index < -0.39 is 6.10 Å². The van der Waals surface area contributed by atoms with Gasteiger partial charge in [-0.05, 0) is 40.1 Å². The van der Waals surface area contributed by atoms with E-state index in [1.54, 1.807) is 33.5 Å². The highest BCUT2D eigenvalue weighted by Crippen LogP contribution is 2.40. The van der Waals surface area contributed by atoms with Gasteiger partial charge in [0, 0.05) is 0 Å². The summed E-state index contributed by atoms with van der Waals surface area (Å²) >= 11 is 0. The van der Waals surface area contributed by atoms with Crippen molar-refractivity contribution in [1.29, 1.82) is 0 Å². The Morgan fingerprint density at radius 3 is 1.92 bits per heavy atom. The maximum absolute atomic E-state index is 10.8. The van der Waals surface area contributed by atoms with Gasteiger partial charge in [-0.1, -0.05) is 36.4 Å². The molecule has 4 heteroatoms. The Kier molecular flexibility index (Phi) is 4.58. The molecule has 0 saturated carbocycles. The highest BCUT2D eigenvalue weighted by molar-refractivity contribution is 5.83. The fourth-order valence-corrected chi connectivity index (χ4v) is 2.83. The molecule has 0 fully saturated rings. The predicted octanol–water partition coefficient (Wildman–Crippen LogP) is 3.95. The Labute approximate surface area is 141 Å². The minimum Gasteiger partial charge on any atom is -0.493 e. The van der Waals surface area contributed by atoms with Crippen molar-refractivity contribution in [3.8, 4) is 17.2 Å². The van der Waals surface area contributed by atoms with Crippen LogP contribution in [0, 0.1) is 0 Å². The highest BCUT2D eigenvalue weighted by Gasteiger charge is 2.18. The predicted molar refractivity (Wildman–Crippen MR) is 94.1 cm³/mol. The standard InChI is InChI=1S/C20H20O4/c1-22-17-11-16(12-18(23-2)20(17)24-3)19(21)15-9-8-13-6-4-5-7-14(13)10-15/h4-12,19,21H,1-3H3. The fraction of sp³-hybridized carbons (Fsp3) is 0.200. The third-order valence-electron chi connectivity index (χ3n) is 4.09. The molecule has 124 valence electrons. The summed E-state index contributed by atoms with van der Waals surface area (Å²) in [7, 11) is 4.67. The van der Waals surface area contributed by atoms with Gasteiger partial charge in [0.1, 0.15) is 6.10 Å². The lowest BCUT2D eigenvalue weighted by atomic mass is 9.98. The number of hydrogen-bond donors (Lipinski definition) is 1. The second-order valence-electron chi connectivity index (χ2n) is 5.47. The summed E-state index contributed by atoms with van der Waals surface area (Å²) in [4.78, 5) is 0. The van der Waals surface area contributed by atoms with E-state index in [2.05, 4.69) is 0 Å². The monoisotopic (exact) mass is 324 g/mol. The minimum atomic E-state index is -0.789. The quantitative estimate of drug-likeness (QED) is 0.772. The van der Waals surface area contributed by atoms with Crippen molar-refractivity contribution in [1.82, 2.24) is 0 Å². The molecule has 1 atom stereocenters. The van der Waals surface area contributed by atoms with E-state index in [1.807, 2.05) is 42.5 Å². The van der Waals surface area contributed by atoms with Crippen LogP contribution >= 0.6 is 0 Å². The van der Waals surface area contributed by atoms with E-state index in [1.165, 1.54) is 0 Å². The zero-order valence-corrected chi connectivity index (χ0v) is 13.9. The van der Waals surface area contributed by atoms with E-state index in [0.29, 0.717) is 22.8 Å². The molecule has 0 radical (unpaired) electrons. The number of methoxy groups -OCH3 is 3. The first-order chi connectivity index (χ1) is 11.7. The third kappa shape index (κ3) is 2.88. The topological polar surface area (TPSA) is 47.9 Å². The van der Waals surface area contributed by atoms with Crippen molar-refractivity contribution < 1.29 is 19.3 Å². The van der Waals surface area contributed by atoms with Gasteiger partial charge in [-0.3, -0.25) is 0 Å². The maximum Gasteiger partial charge on any atom is 0.203 e. The van der Waals surface area contributed by atoms with Crippen LogP contribution in [0.15, 0.2) is 54.6 Å². The second-order valence-corrected chi connectivity index (χ2v) is 5.47. The van der Waals surface area contributed by atoms with E-state index in [9.17, 15) is 5.11 Å². The number of hydrogen-bond acceptors (Lipinski definition) is 4. The van der Waals surface area contributed by atoms with Gasteiger partial charge in [-0.2, -0.15) is 0 Å². The van der Waals surface area contributed by atoms with Gasteiger partial charge >= 0.3 is 0 Å². The first-order valence-electron chi connectivity index (χ1n) is 7.64. The molecular weight excluding hydrogens is 304 g/mol. The molecule has 0 aliphatic rings. The molecule has 0 aromatic heterocycles. The largest absolute Gasteiger partial charge is 0.493 e. The van der Waals surface area contributed by atoms with Crippen LogP contribution in [0.1, 0.15) is 17.2 Å². The van der Waals surface area contributed by atoms with Crippen molar-refractivity contribution >= 4 is 10.8 Å². The van der Waals surface area contributed by atoms with Gasteiger partial charge in [-0.25, -0.2) is 0 Å². The van der Waals surface area contributed by atoms with Crippen LogP contribution in [-0.2, 0) is 0 Å². The zero-order valence-electron chi connectivity index (χ0n) is 13.9. The minimum absolute atomic E-state index is 0.509. The van der Waals surface area contributed by atoms with Crippen LogP contribution in [-0.4, -0.2) is 26.4 Å². The molecule has 0 heterocycles. The molecule has 0 spiro atoms. The van der Waals surface area contributed by atoms with E-state index in [-0.39, 0.29) is 0 Å². The first kappa shape index (κ1) is 16.1. The van der Waals surface area contributed by atoms with E-state index in [4.69, 9.17) is 14.2 Å². The SMILES string of the molecule is COc1cc(C(O)c2ccc3ccccc3c2)cc(OC)c1OC. The molecule has 4 nitrogen and oxygen atoms in total. The number of fused-ring (bicyclic) bond motifs is 1. The van der Waals surface area contributed by atoms with Crippen LogP contribution < -0.4 is 14.2 Å². The van der Waals surface area contributed by atoms with Crippen molar-refractivity contribution in [2.75, 3.05) is 21.3 Å². The Morgan fingerprint density at radius 2 is 1.33 bits per heavy atom. The van der Waals surface area contributed by atoms with Gasteiger partial charge < -0.3 is 19.3 Å². The van der Waals surface area contributed by atoms with Gasteiger partial charge in [0.25, 0.3) is 0 Å². The summed E-state index contributed by atoms with van der Waals surface area (Å²) in [5, 5.41) is 13.0. The molecule has 1 N–H and O–H groups in total. The molecule has 0 aliphatic carbocycles. The molecule has 0 saturated heterocycles. The van der Waals surface area contributed by atoms with Gasteiger partial charge in [0.2, 0.25) is 5.75 Å².